The highest BCUT2D eigenvalue weighted by Gasteiger charge is 2.06. The largest absolute Gasteiger partial charge is 0.504 e. The molecule has 0 radical (unpaired) electrons. The molecule has 4 aromatic rings. The van der Waals surface area contributed by atoms with E-state index in [2.05, 4.69) is 6.26 Å². The molecule has 0 amide bonds. The van der Waals surface area contributed by atoms with Gasteiger partial charge in [-0.3, -0.25) is 9.59 Å². The van der Waals surface area contributed by atoms with Crippen LogP contribution in [-0.2, 0) is 0 Å². The third kappa shape index (κ3) is 9.44. The van der Waals surface area contributed by atoms with Crippen molar-refractivity contribution in [2.75, 3.05) is 32.8 Å². The number of benzene rings is 2. The maximum Gasteiger partial charge on any atom is 0.182 e. The average molecular weight is 617 g/mol. The van der Waals surface area contributed by atoms with Gasteiger partial charge in [0.25, 0.3) is 0 Å². The lowest BCUT2D eigenvalue weighted by atomic mass is 10.2. The van der Waals surface area contributed by atoms with E-state index in [4.69, 9.17) is 14.2 Å². The number of hydrogen-bond donors (Lipinski definition) is 1. The first-order valence-electron chi connectivity index (χ1n) is 14.0. The van der Waals surface area contributed by atoms with Crippen molar-refractivity contribution < 1.29 is 19.3 Å². The molecule has 8 nitrogen and oxygen atoms in total. The smallest absolute Gasteiger partial charge is 0.182 e. The summed E-state index contributed by atoms with van der Waals surface area (Å²) in [4.78, 5) is 22.9. The molecule has 1 N–H and O–H groups in total. The Bertz CT molecular complexity index is 1700. The molecule has 0 saturated carbocycles. The van der Waals surface area contributed by atoms with Gasteiger partial charge in [0.15, 0.2) is 33.9 Å². The van der Waals surface area contributed by atoms with E-state index in [-0.39, 0.29) is 16.6 Å². The van der Waals surface area contributed by atoms with Crippen LogP contribution < -0.4 is 25.1 Å². The second-order valence-corrected chi connectivity index (χ2v) is 11.0. The van der Waals surface area contributed by atoms with Crippen molar-refractivity contribution in [2.24, 2.45) is 0 Å². The summed E-state index contributed by atoms with van der Waals surface area (Å²) in [5.41, 5.74) is 5.43. The standard InChI is InChI=1S/C19H23NO3S.C16H17NO3/c1-14-11-17(21)12-15(2)20(14)8-7-16-5-6-18(22-3)19(13-16)23-9-10-24-4;1-11-8-14(18)9-12(2)17(11)7-6-13-4-5-16(20-3)15(19)10-13/h5-8,11-13H,9-10H2,1-4H3;4-10,19H,1-3H3/b8-7+;7-6+. The van der Waals surface area contributed by atoms with Crippen molar-refractivity contribution in [2.45, 2.75) is 27.7 Å². The fraction of sp³-hybridized carbons (Fsp3) is 0.257. The number of aryl methyl sites for hydroxylation is 4. The van der Waals surface area contributed by atoms with Gasteiger partial charge >= 0.3 is 0 Å². The van der Waals surface area contributed by atoms with Crippen LogP contribution in [0.3, 0.4) is 0 Å². The molecule has 9 heteroatoms. The number of rotatable bonds is 10. The van der Waals surface area contributed by atoms with Crippen molar-refractivity contribution in [3.05, 3.63) is 115 Å². The zero-order valence-electron chi connectivity index (χ0n) is 26.3. The number of aromatic nitrogens is 2. The lowest BCUT2D eigenvalue weighted by Crippen LogP contribution is -2.08. The monoisotopic (exact) mass is 616 g/mol. The van der Waals surface area contributed by atoms with E-state index < -0.39 is 0 Å². The van der Waals surface area contributed by atoms with Gasteiger partial charge in [-0.2, -0.15) is 11.8 Å². The van der Waals surface area contributed by atoms with E-state index in [1.54, 1.807) is 55.3 Å². The molecule has 0 aliphatic carbocycles. The second kappa shape index (κ2) is 16.3. The maximum atomic E-state index is 11.5. The van der Waals surface area contributed by atoms with Gasteiger partial charge in [0.1, 0.15) is 0 Å². The number of ether oxygens (including phenoxy) is 3. The number of methoxy groups -OCH3 is 2. The molecule has 0 aliphatic heterocycles. The topological polar surface area (TPSA) is 91.9 Å². The molecule has 0 spiro atoms. The molecule has 0 bridgehead atoms. The Balaban J connectivity index is 0.000000244. The number of phenols is 1. The number of hydrogen-bond acceptors (Lipinski definition) is 7. The Morgan fingerprint density at radius 1 is 0.682 bits per heavy atom. The maximum absolute atomic E-state index is 11.5. The van der Waals surface area contributed by atoms with Gasteiger partial charge < -0.3 is 28.5 Å². The number of pyridine rings is 2. The van der Waals surface area contributed by atoms with Gasteiger partial charge in [-0.15, -0.1) is 0 Å². The SMILES string of the molecule is COc1ccc(/C=C/n2c(C)cc(=O)cc2C)cc1O.COc1ccc(/C=C/n2c(C)cc(=O)cc2C)cc1OCCSC. The lowest BCUT2D eigenvalue weighted by molar-refractivity contribution is 0.313. The molecule has 0 aliphatic rings. The predicted molar refractivity (Wildman–Crippen MR) is 182 cm³/mol. The fourth-order valence-electron chi connectivity index (χ4n) is 4.49. The summed E-state index contributed by atoms with van der Waals surface area (Å²) >= 11 is 1.74. The molecule has 0 fully saturated rings. The molecule has 0 saturated heterocycles. The summed E-state index contributed by atoms with van der Waals surface area (Å²) in [7, 11) is 3.15. The van der Waals surface area contributed by atoms with Gasteiger partial charge in [-0.05, 0) is 81.5 Å². The van der Waals surface area contributed by atoms with Gasteiger partial charge in [0, 0.05) is 65.2 Å². The van der Waals surface area contributed by atoms with E-state index >= 15 is 0 Å². The lowest BCUT2D eigenvalue weighted by Gasteiger charge is -2.12. The van der Waals surface area contributed by atoms with E-state index in [0.29, 0.717) is 12.4 Å². The molecule has 2 heterocycles. The summed E-state index contributed by atoms with van der Waals surface area (Å²) in [6.45, 7) is 8.24. The van der Waals surface area contributed by atoms with Gasteiger partial charge in [-0.25, -0.2) is 0 Å². The summed E-state index contributed by atoms with van der Waals surface area (Å²) in [6, 6.07) is 17.5. The van der Waals surface area contributed by atoms with Crippen LogP contribution in [-0.4, -0.2) is 47.1 Å². The highest BCUT2D eigenvalue weighted by atomic mass is 32.2. The molecule has 2 aromatic heterocycles. The van der Waals surface area contributed by atoms with Crippen molar-refractivity contribution in [1.29, 1.82) is 0 Å². The third-order valence-electron chi connectivity index (χ3n) is 6.69. The number of nitrogens with zero attached hydrogens (tertiary/aromatic N) is 2. The van der Waals surface area contributed by atoms with E-state index in [0.717, 1.165) is 51.2 Å². The van der Waals surface area contributed by atoms with Crippen LogP contribution in [0, 0.1) is 27.7 Å². The van der Waals surface area contributed by atoms with Crippen LogP contribution >= 0.6 is 11.8 Å². The third-order valence-corrected chi connectivity index (χ3v) is 7.27. The van der Waals surface area contributed by atoms with Crippen molar-refractivity contribution in [1.82, 2.24) is 9.13 Å². The highest BCUT2D eigenvalue weighted by Crippen LogP contribution is 2.29. The summed E-state index contributed by atoms with van der Waals surface area (Å²) in [5, 5.41) is 9.73. The quantitative estimate of drug-likeness (QED) is 0.200. The van der Waals surface area contributed by atoms with Crippen molar-refractivity contribution in [3.8, 4) is 23.0 Å². The summed E-state index contributed by atoms with van der Waals surface area (Å²) in [6.07, 6.45) is 9.73. The predicted octanol–water partition coefficient (Wildman–Crippen LogP) is 6.65. The van der Waals surface area contributed by atoms with E-state index in [9.17, 15) is 14.7 Å². The normalized spacial score (nSPS) is 11.0. The molecule has 232 valence electrons. The fourth-order valence-corrected chi connectivity index (χ4v) is 4.74. The Morgan fingerprint density at radius 2 is 1.14 bits per heavy atom. The molecule has 0 atom stereocenters. The Kier molecular flexibility index (Phi) is 12.5. The second-order valence-electron chi connectivity index (χ2n) is 10.0. The molecule has 44 heavy (non-hydrogen) atoms. The van der Waals surface area contributed by atoms with Crippen LogP contribution in [0.2, 0.25) is 0 Å². The Morgan fingerprint density at radius 3 is 1.57 bits per heavy atom. The van der Waals surface area contributed by atoms with Gasteiger partial charge in [-0.1, -0.05) is 12.1 Å². The minimum absolute atomic E-state index is 0.00624. The van der Waals surface area contributed by atoms with Crippen LogP contribution in [0.25, 0.3) is 24.6 Å². The number of aromatic hydroxyl groups is 1. The van der Waals surface area contributed by atoms with Crippen molar-refractivity contribution >= 4 is 36.3 Å². The Hall–Kier alpha value is -4.63. The zero-order valence-corrected chi connectivity index (χ0v) is 27.1. The first kappa shape index (κ1) is 33.9. The molecular formula is C35H40N2O6S. The van der Waals surface area contributed by atoms with Crippen LogP contribution in [0.5, 0.6) is 23.0 Å². The van der Waals surface area contributed by atoms with E-state index in [1.807, 2.05) is 85.6 Å². The minimum Gasteiger partial charge on any atom is -0.504 e. The van der Waals surface area contributed by atoms with Gasteiger partial charge in [0.2, 0.25) is 0 Å². The Labute approximate surface area is 262 Å². The molecule has 0 unspecified atom stereocenters. The van der Waals surface area contributed by atoms with E-state index in [1.165, 1.54) is 7.11 Å². The van der Waals surface area contributed by atoms with Crippen molar-refractivity contribution in [3.63, 3.8) is 0 Å². The summed E-state index contributed by atoms with van der Waals surface area (Å²) < 4.78 is 20.1. The van der Waals surface area contributed by atoms with Crippen LogP contribution in [0.15, 0.2) is 70.3 Å². The zero-order chi connectivity index (χ0) is 32.2. The molecule has 2 aromatic carbocycles. The first-order chi connectivity index (χ1) is 21.1. The average Bonchev–Trinajstić information content (AvgIpc) is 2.97. The molecular weight excluding hydrogens is 576 g/mol. The summed E-state index contributed by atoms with van der Waals surface area (Å²) in [5.74, 6) is 2.94. The first-order valence-corrected chi connectivity index (χ1v) is 15.4. The highest BCUT2D eigenvalue weighted by molar-refractivity contribution is 7.98. The minimum atomic E-state index is 0.00624. The van der Waals surface area contributed by atoms with Gasteiger partial charge in [0.05, 0.1) is 20.8 Å². The molecule has 4 rings (SSSR count). The van der Waals surface area contributed by atoms with Crippen LogP contribution in [0.1, 0.15) is 33.9 Å². The number of phenolic OH excluding ortho intramolecular Hbond substituents is 1. The number of thioether (sulfide) groups is 1. The van der Waals surface area contributed by atoms with Crippen LogP contribution in [0.4, 0.5) is 0 Å².